The second-order valence-electron chi connectivity index (χ2n) is 5.95. The van der Waals surface area contributed by atoms with Crippen LogP contribution in [0.4, 0.5) is 0 Å². The number of aliphatic hydroxyl groups is 1. The lowest BCUT2D eigenvalue weighted by Crippen LogP contribution is -2.50. The van der Waals surface area contributed by atoms with E-state index in [2.05, 4.69) is 10.2 Å². The Morgan fingerprint density at radius 3 is 2.44 bits per heavy atom. The van der Waals surface area contributed by atoms with Crippen molar-refractivity contribution in [2.45, 2.75) is 13.2 Å². The maximum absolute atomic E-state index is 12.4. The summed E-state index contributed by atoms with van der Waals surface area (Å²) in [7, 11) is 0. The highest BCUT2D eigenvalue weighted by atomic mass is 16.3. The highest BCUT2D eigenvalue weighted by Crippen LogP contribution is 2.07. The van der Waals surface area contributed by atoms with Crippen molar-refractivity contribution >= 4 is 5.91 Å². The number of piperazine rings is 1. The summed E-state index contributed by atoms with van der Waals surface area (Å²) in [4.78, 5) is 16.4. The van der Waals surface area contributed by atoms with Crippen LogP contribution in [0.2, 0.25) is 0 Å². The Bertz CT molecular complexity index is 628. The van der Waals surface area contributed by atoms with Crippen molar-refractivity contribution in [3.8, 4) is 6.07 Å². The first-order chi connectivity index (χ1) is 12.2. The number of carbonyl (C=O) groups excluding carboxylic acids is 1. The molecule has 1 aromatic rings. The van der Waals surface area contributed by atoms with Crippen molar-refractivity contribution in [2.24, 2.45) is 5.73 Å². The van der Waals surface area contributed by atoms with Crippen molar-refractivity contribution < 1.29 is 9.90 Å². The number of nitrogens with zero attached hydrogens (tertiary/aromatic N) is 3. The van der Waals surface area contributed by atoms with Crippen LogP contribution >= 0.6 is 0 Å². The van der Waals surface area contributed by atoms with Gasteiger partial charge in [0.15, 0.2) is 0 Å². The molecule has 4 N–H and O–H groups in total. The molecule has 1 aliphatic rings. The zero-order valence-electron chi connectivity index (χ0n) is 14.3. The van der Waals surface area contributed by atoms with Crippen LogP contribution in [0.3, 0.4) is 0 Å². The number of nitriles is 1. The Morgan fingerprint density at radius 1 is 1.24 bits per heavy atom. The highest BCUT2D eigenvalue weighted by molar-refractivity contribution is 5.97. The van der Waals surface area contributed by atoms with E-state index in [1.165, 1.54) is 6.20 Å². The average Bonchev–Trinajstić information content (AvgIpc) is 2.66. The summed E-state index contributed by atoms with van der Waals surface area (Å²) < 4.78 is 0. The van der Waals surface area contributed by atoms with Gasteiger partial charge >= 0.3 is 0 Å². The molecule has 0 aromatic heterocycles. The molecular weight excluding hydrogens is 318 g/mol. The summed E-state index contributed by atoms with van der Waals surface area (Å²) in [6.45, 7) is 4.76. The summed E-state index contributed by atoms with van der Waals surface area (Å²) >= 11 is 0. The van der Waals surface area contributed by atoms with Gasteiger partial charge in [0.1, 0.15) is 11.6 Å². The number of hydrogen-bond donors (Lipinski definition) is 3. The fraction of sp³-hybridized carbons (Fsp3) is 0.444. The van der Waals surface area contributed by atoms with E-state index in [4.69, 9.17) is 10.8 Å². The smallest absolute Gasteiger partial charge is 0.266 e. The molecule has 0 unspecified atom stereocenters. The summed E-state index contributed by atoms with van der Waals surface area (Å²) in [6.07, 6.45) is 1.48. The van der Waals surface area contributed by atoms with Crippen LogP contribution in [0.1, 0.15) is 11.1 Å². The third kappa shape index (κ3) is 5.57. The van der Waals surface area contributed by atoms with Gasteiger partial charge in [-0.15, -0.1) is 0 Å². The number of nitrogens with one attached hydrogen (secondary N) is 1. The van der Waals surface area contributed by atoms with Gasteiger partial charge in [0.2, 0.25) is 0 Å². The second-order valence-corrected chi connectivity index (χ2v) is 5.95. The Labute approximate surface area is 148 Å². The van der Waals surface area contributed by atoms with Crippen molar-refractivity contribution in [2.75, 3.05) is 39.3 Å². The number of benzene rings is 1. The molecule has 2 rings (SSSR count). The van der Waals surface area contributed by atoms with Gasteiger partial charge in [-0.05, 0) is 11.1 Å². The summed E-state index contributed by atoms with van der Waals surface area (Å²) in [5.74, 6) is -0.238. The molecule has 1 amide bonds. The largest absolute Gasteiger partial charge is 0.392 e. The van der Waals surface area contributed by atoms with Gasteiger partial charge in [0.25, 0.3) is 5.91 Å². The van der Waals surface area contributed by atoms with E-state index in [0.717, 1.165) is 30.8 Å². The SMILES string of the molecule is N#C/C(=C/NCc1ccc(CO)cc1)C(=O)N1CCN(CCN)CC1. The lowest BCUT2D eigenvalue weighted by molar-refractivity contribution is -0.128. The van der Waals surface area contributed by atoms with Crippen molar-refractivity contribution in [3.05, 3.63) is 47.2 Å². The number of hydrogen-bond acceptors (Lipinski definition) is 6. The molecular formula is C18H25N5O2. The molecule has 0 bridgehead atoms. The third-order valence-electron chi connectivity index (χ3n) is 4.21. The molecule has 134 valence electrons. The first-order valence-corrected chi connectivity index (χ1v) is 8.42. The normalized spacial score (nSPS) is 15.7. The first-order valence-electron chi connectivity index (χ1n) is 8.42. The Balaban J connectivity index is 1.86. The maximum atomic E-state index is 12.4. The summed E-state index contributed by atoms with van der Waals surface area (Å²) in [6, 6.07) is 9.47. The number of carbonyl (C=O) groups is 1. The highest BCUT2D eigenvalue weighted by Gasteiger charge is 2.23. The monoisotopic (exact) mass is 343 g/mol. The van der Waals surface area contributed by atoms with Gasteiger partial charge in [-0.1, -0.05) is 24.3 Å². The molecule has 1 fully saturated rings. The van der Waals surface area contributed by atoms with Gasteiger partial charge in [-0.3, -0.25) is 9.69 Å². The number of rotatable bonds is 7. The molecule has 7 nitrogen and oxygen atoms in total. The van der Waals surface area contributed by atoms with E-state index in [9.17, 15) is 10.1 Å². The van der Waals surface area contributed by atoms with Gasteiger partial charge in [-0.25, -0.2) is 0 Å². The molecule has 25 heavy (non-hydrogen) atoms. The Morgan fingerprint density at radius 2 is 1.88 bits per heavy atom. The van der Waals surface area contributed by atoms with Gasteiger partial charge in [0.05, 0.1) is 6.61 Å². The van der Waals surface area contributed by atoms with E-state index >= 15 is 0 Å². The van der Waals surface area contributed by atoms with Crippen LogP contribution < -0.4 is 11.1 Å². The van der Waals surface area contributed by atoms with Crippen molar-refractivity contribution in [1.29, 1.82) is 5.26 Å². The fourth-order valence-electron chi connectivity index (χ4n) is 2.70. The van der Waals surface area contributed by atoms with E-state index < -0.39 is 0 Å². The molecule has 0 aliphatic carbocycles. The standard InChI is InChI=1S/C18H25N5O2/c19-5-6-22-7-9-23(10-8-22)18(25)17(11-20)13-21-12-15-1-3-16(14-24)4-2-15/h1-4,13,21,24H,5-10,12,14,19H2/b17-13-. The molecule has 1 heterocycles. The zero-order chi connectivity index (χ0) is 18.1. The van der Waals surface area contributed by atoms with Crippen LogP contribution in [0, 0.1) is 11.3 Å². The number of aliphatic hydroxyl groups excluding tert-OH is 1. The third-order valence-corrected chi connectivity index (χ3v) is 4.21. The van der Waals surface area contributed by atoms with E-state index in [0.29, 0.717) is 26.2 Å². The summed E-state index contributed by atoms with van der Waals surface area (Å²) in [5.41, 5.74) is 7.51. The average molecular weight is 343 g/mol. The predicted molar refractivity (Wildman–Crippen MR) is 95.0 cm³/mol. The maximum Gasteiger partial charge on any atom is 0.266 e. The molecule has 1 aliphatic heterocycles. The fourth-order valence-corrected chi connectivity index (χ4v) is 2.70. The lowest BCUT2D eigenvalue weighted by Gasteiger charge is -2.34. The van der Waals surface area contributed by atoms with Crippen molar-refractivity contribution in [1.82, 2.24) is 15.1 Å². The zero-order valence-corrected chi connectivity index (χ0v) is 14.3. The number of nitrogens with two attached hydrogens (primary N) is 1. The van der Waals surface area contributed by atoms with E-state index in [1.54, 1.807) is 4.90 Å². The van der Waals surface area contributed by atoms with Crippen LogP contribution in [0.5, 0.6) is 0 Å². The quantitative estimate of drug-likeness (QED) is 0.467. The molecule has 1 aromatic carbocycles. The first kappa shape index (κ1) is 18.9. The minimum atomic E-state index is -0.238. The van der Waals surface area contributed by atoms with Crippen LogP contribution in [-0.2, 0) is 17.9 Å². The van der Waals surface area contributed by atoms with Crippen LogP contribution in [-0.4, -0.2) is 60.1 Å². The molecule has 1 saturated heterocycles. The number of amides is 1. The minimum absolute atomic E-state index is 0.0131. The van der Waals surface area contributed by atoms with Crippen LogP contribution in [0.15, 0.2) is 36.0 Å². The van der Waals surface area contributed by atoms with E-state index in [-0.39, 0.29) is 18.1 Å². The van der Waals surface area contributed by atoms with Gasteiger partial charge in [-0.2, -0.15) is 5.26 Å². The molecule has 0 spiro atoms. The second kappa shape index (κ2) is 9.79. The van der Waals surface area contributed by atoms with Crippen molar-refractivity contribution in [3.63, 3.8) is 0 Å². The van der Waals surface area contributed by atoms with Crippen LogP contribution in [0.25, 0.3) is 0 Å². The molecule has 0 radical (unpaired) electrons. The lowest BCUT2D eigenvalue weighted by atomic mass is 10.1. The Hall–Kier alpha value is -2.40. The molecule has 0 saturated carbocycles. The topological polar surface area (TPSA) is 106 Å². The summed E-state index contributed by atoms with van der Waals surface area (Å²) in [5, 5.41) is 21.3. The molecule has 0 atom stereocenters. The van der Waals surface area contributed by atoms with E-state index in [1.807, 2.05) is 30.3 Å². The van der Waals surface area contributed by atoms with Gasteiger partial charge < -0.3 is 21.1 Å². The minimum Gasteiger partial charge on any atom is -0.392 e. The Kier molecular flexibility index (Phi) is 7.41. The molecule has 7 heteroatoms. The van der Waals surface area contributed by atoms with Gasteiger partial charge in [0, 0.05) is 52.0 Å². The predicted octanol–water partition coefficient (Wildman–Crippen LogP) is -0.221.